The number of carboxylic acid groups (broad SMARTS) is 1. The van der Waals surface area contributed by atoms with Gasteiger partial charge in [0.15, 0.2) is 0 Å². The van der Waals surface area contributed by atoms with Crippen LogP contribution in [0.1, 0.15) is 29.4 Å². The lowest BCUT2D eigenvalue weighted by Gasteiger charge is -2.22. The molecular formula is C14H21N3O2. The average Bonchev–Trinajstić information content (AvgIpc) is 2.63. The summed E-state index contributed by atoms with van der Waals surface area (Å²) >= 11 is 0. The summed E-state index contributed by atoms with van der Waals surface area (Å²) in [7, 11) is 2.11. The highest BCUT2D eigenvalue weighted by Crippen LogP contribution is 2.17. The zero-order valence-corrected chi connectivity index (χ0v) is 11.6. The van der Waals surface area contributed by atoms with E-state index in [9.17, 15) is 9.90 Å². The maximum absolute atomic E-state index is 11.2. The molecule has 0 radical (unpaired) electrons. The zero-order chi connectivity index (χ0) is 13.8. The van der Waals surface area contributed by atoms with Gasteiger partial charge in [0, 0.05) is 25.3 Å². The number of aryl methyl sites for hydroxylation is 1. The Labute approximate surface area is 113 Å². The summed E-state index contributed by atoms with van der Waals surface area (Å²) in [5.41, 5.74) is 1.17. The van der Waals surface area contributed by atoms with Crippen molar-refractivity contribution in [2.75, 3.05) is 38.1 Å². The number of pyridine rings is 1. The fourth-order valence-electron chi connectivity index (χ4n) is 2.31. The summed E-state index contributed by atoms with van der Waals surface area (Å²) in [6.45, 7) is 5.89. The Kier molecular flexibility index (Phi) is 4.37. The molecule has 0 saturated carbocycles. The molecule has 0 spiro atoms. The second kappa shape index (κ2) is 6.02. The first-order valence-corrected chi connectivity index (χ1v) is 6.78. The van der Waals surface area contributed by atoms with E-state index in [4.69, 9.17) is 0 Å². The molecule has 0 bridgehead atoms. The fraction of sp³-hybridized carbons (Fsp3) is 0.571. The lowest BCUT2D eigenvalue weighted by Crippen LogP contribution is -2.29. The molecular weight excluding hydrogens is 242 g/mol. The van der Waals surface area contributed by atoms with Crippen LogP contribution in [0.25, 0.3) is 0 Å². The minimum Gasteiger partial charge on any atom is -0.478 e. The summed E-state index contributed by atoms with van der Waals surface area (Å²) in [4.78, 5) is 20.2. The highest BCUT2D eigenvalue weighted by Gasteiger charge is 2.16. The number of carbonyl (C=O) groups is 1. The second-order valence-electron chi connectivity index (χ2n) is 5.01. The van der Waals surface area contributed by atoms with E-state index in [1.54, 1.807) is 12.1 Å². The first-order chi connectivity index (χ1) is 9.10. The van der Waals surface area contributed by atoms with E-state index in [-0.39, 0.29) is 0 Å². The van der Waals surface area contributed by atoms with E-state index >= 15 is 0 Å². The molecule has 0 atom stereocenters. The van der Waals surface area contributed by atoms with Crippen molar-refractivity contribution >= 4 is 11.8 Å². The number of anilines is 1. The molecule has 0 amide bonds. The summed E-state index contributed by atoms with van der Waals surface area (Å²) in [6, 6.07) is 3.35. The van der Waals surface area contributed by atoms with Gasteiger partial charge in [-0.2, -0.15) is 0 Å². The molecule has 1 aliphatic heterocycles. The second-order valence-corrected chi connectivity index (χ2v) is 5.01. The summed E-state index contributed by atoms with van der Waals surface area (Å²) in [5.74, 6) is -0.0858. The molecule has 5 heteroatoms. The Balaban J connectivity index is 2.27. The molecule has 1 aromatic rings. The van der Waals surface area contributed by atoms with Crippen LogP contribution >= 0.6 is 0 Å². The number of aromatic carboxylic acids is 1. The van der Waals surface area contributed by atoms with E-state index in [0.29, 0.717) is 5.56 Å². The van der Waals surface area contributed by atoms with Crippen LogP contribution in [0.15, 0.2) is 12.1 Å². The van der Waals surface area contributed by atoms with Crippen LogP contribution in [0.2, 0.25) is 0 Å². The first-order valence-electron chi connectivity index (χ1n) is 6.78. The average molecular weight is 263 g/mol. The molecule has 1 N–H and O–H groups in total. The molecule has 0 aliphatic carbocycles. The molecule has 2 rings (SSSR count). The van der Waals surface area contributed by atoms with Crippen molar-refractivity contribution in [2.24, 2.45) is 0 Å². The molecule has 2 heterocycles. The fourth-order valence-corrected chi connectivity index (χ4v) is 2.31. The van der Waals surface area contributed by atoms with Crippen LogP contribution in [0.5, 0.6) is 0 Å². The zero-order valence-electron chi connectivity index (χ0n) is 11.6. The van der Waals surface area contributed by atoms with Crippen molar-refractivity contribution in [3.05, 3.63) is 23.4 Å². The highest BCUT2D eigenvalue weighted by atomic mass is 16.4. The maximum Gasteiger partial charge on any atom is 0.335 e. The smallest absolute Gasteiger partial charge is 0.335 e. The molecule has 19 heavy (non-hydrogen) atoms. The monoisotopic (exact) mass is 263 g/mol. The third-order valence-corrected chi connectivity index (χ3v) is 3.52. The van der Waals surface area contributed by atoms with Gasteiger partial charge in [-0.25, -0.2) is 9.78 Å². The molecule has 1 aromatic heterocycles. The predicted octanol–water partition coefficient (Wildman–Crippen LogP) is 1.48. The van der Waals surface area contributed by atoms with Crippen LogP contribution in [-0.4, -0.2) is 54.2 Å². The topological polar surface area (TPSA) is 56.7 Å². The Morgan fingerprint density at radius 1 is 1.32 bits per heavy atom. The Morgan fingerprint density at radius 2 is 2.11 bits per heavy atom. The van der Waals surface area contributed by atoms with Crippen molar-refractivity contribution in [1.29, 1.82) is 0 Å². The standard InChI is InChI=1S/C14H21N3O2/c1-3-12-9-11(14(18)19)10-13(15-12)17-6-4-5-16(2)7-8-17/h9-10H,3-8H2,1-2H3,(H,18,19). The molecule has 0 unspecified atom stereocenters. The molecule has 1 fully saturated rings. The Bertz CT molecular complexity index is 462. The largest absolute Gasteiger partial charge is 0.478 e. The van der Waals surface area contributed by atoms with E-state index in [0.717, 1.165) is 50.5 Å². The maximum atomic E-state index is 11.2. The van der Waals surface area contributed by atoms with Gasteiger partial charge in [0.1, 0.15) is 5.82 Å². The van der Waals surface area contributed by atoms with Gasteiger partial charge < -0.3 is 14.9 Å². The van der Waals surface area contributed by atoms with Gasteiger partial charge in [-0.15, -0.1) is 0 Å². The quantitative estimate of drug-likeness (QED) is 0.895. The summed E-state index contributed by atoms with van der Waals surface area (Å²) < 4.78 is 0. The number of hydrogen-bond acceptors (Lipinski definition) is 4. The highest BCUT2D eigenvalue weighted by molar-refractivity contribution is 5.88. The van der Waals surface area contributed by atoms with E-state index < -0.39 is 5.97 Å². The summed E-state index contributed by atoms with van der Waals surface area (Å²) in [5, 5.41) is 9.17. The number of likely N-dealkylation sites (N-methyl/N-ethyl adjacent to an activating group) is 1. The lowest BCUT2D eigenvalue weighted by molar-refractivity contribution is 0.0696. The van der Waals surface area contributed by atoms with Gasteiger partial charge in [-0.05, 0) is 38.6 Å². The minimum absolute atomic E-state index is 0.333. The SMILES string of the molecule is CCc1cc(C(=O)O)cc(N2CCCN(C)CC2)n1. The number of aromatic nitrogens is 1. The van der Waals surface area contributed by atoms with Gasteiger partial charge >= 0.3 is 5.97 Å². The van der Waals surface area contributed by atoms with Crippen LogP contribution in [0.4, 0.5) is 5.82 Å². The summed E-state index contributed by atoms with van der Waals surface area (Å²) in [6.07, 6.45) is 1.83. The van der Waals surface area contributed by atoms with Crippen LogP contribution in [0, 0.1) is 0 Å². The van der Waals surface area contributed by atoms with E-state index in [2.05, 4.69) is 21.8 Å². The molecule has 5 nitrogen and oxygen atoms in total. The van der Waals surface area contributed by atoms with Crippen molar-refractivity contribution in [2.45, 2.75) is 19.8 Å². The van der Waals surface area contributed by atoms with Gasteiger partial charge in [-0.3, -0.25) is 0 Å². The first kappa shape index (κ1) is 13.8. The lowest BCUT2D eigenvalue weighted by atomic mass is 10.2. The van der Waals surface area contributed by atoms with Crippen LogP contribution < -0.4 is 4.90 Å². The molecule has 104 valence electrons. The number of hydrogen-bond donors (Lipinski definition) is 1. The molecule has 0 aromatic carbocycles. The molecule has 1 aliphatic rings. The van der Waals surface area contributed by atoms with Gasteiger partial charge in [0.05, 0.1) is 5.56 Å². The van der Waals surface area contributed by atoms with Crippen molar-refractivity contribution in [1.82, 2.24) is 9.88 Å². The number of carboxylic acids is 1. The van der Waals surface area contributed by atoms with Crippen LogP contribution in [-0.2, 0) is 6.42 Å². The number of nitrogens with zero attached hydrogens (tertiary/aromatic N) is 3. The number of rotatable bonds is 3. The Morgan fingerprint density at radius 3 is 2.79 bits per heavy atom. The van der Waals surface area contributed by atoms with E-state index in [1.165, 1.54) is 0 Å². The van der Waals surface area contributed by atoms with Gasteiger partial charge in [0.2, 0.25) is 0 Å². The predicted molar refractivity (Wildman–Crippen MR) is 74.9 cm³/mol. The van der Waals surface area contributed by atoms with Crippen molar-refractivity contribution < 1.29 is 9.90 Å². The van der Waals surface area contributed by atoms with E-state index in [1.807, 2.05) is 6.92 Å². The molecule has 1 saturated heterocycles. The minimum atomic E-state index is -0.884. The third-order valence-electron chi connectivity index (χ3n) is 3.52. The Hall–Kier alpha value is -1.62. The van der Waals surface area contributed by atoms with Crippen molar-refractivity contribution in [3.8, 4) is 0 Å². The third kappa shape index (κ3) is 3.44. The van der Waals surface area contributed by atoms with Gasteiger partial charge in [-0.1, -0.05) is 6.92 Å². The van der Waals surface area contributed by atoms with Crippen LogP contribution in [0.3, 0.4) is 0 Å². The normalized spacial score (nSPS) is 17.3. The van der Waals surface area contributed by atoms with Crippen molar-refractivity contribution in [3.63, 3.8) is 0 Å². The van der Waals surface area contributed by atoms with Gasteiger partial charge in [0.25, 0.3) is 0 Å².